The van der Waals surface area contributed by atoms with Crippen LogP contribution < -0.4 is 9.62 Å². The van der Waals surface area contributed by atoms with Crippen LogP contribution in [0.5, 0.6) is 0 Å². The van der Waals surface area contributed by atoms with Crippen molar-refractivity contribution in [3.8, 4) is 0 Å². The Hall–Kier alpha value is -2.29. The predicted octanol–water partition coefficient (Wildman–Crippen LogP) is 6.56. The number of amides is 2. The molecule has 7 nitrogen and oxygen atoms in total. The molecule has 0 spiro atoms. The van der Waals surface area contributed by atoms with Crippen molar-refractivity contribution in [2.45, 2.75) is 89.8 Å². The fraction of sp³-hybridized carbons (Fsp3) is 0.576. The number of carbonyl (C=O) groups is 2. The molecule has 4 aliphatic rings. The van der Waals surface area contributed by atoms with Gasteiger partial charge < -0.3 is 10.2 Å². The summed E-state index contributed by atoms with van der Waals surface area (Å²) in [6.07, 6.45) is 9.55. The number of benzene rings is 2. The molecule has 2 amide bonds. The second kappa shape index (κ2) is 12.6. The Bertz CT molecular complexity index is 1430. The van der Waals surface area contributed by atoms with E-state index in [1.807, 2.05) is 26.0 Å². The lowest BCUT2D eigenvalue weighted by atomic mass is 9.48. The summed E-state index contributed by atoms with van der Waals surface area (Å²) >= 11 is 12.3. The number of nitrogens with zero attached hydrogens (tertiary/aromatic N) is 2. The fourth-order valence-corrected chi connectivity index (χ4v) is 9.11. The van der Waals surface area contributed by atoms with Crippen LogP contribution in [0.3, 0.4) is 0 Å². The molecule has 6 rings (SSSR count). The molecule has 2 atom stereocenters. The highest BCUT2D eigenvalue weighted by atomic mass is 35.5. The predicted molar refractivity (Wildman–Crippen MR) is 173 cm³/mol. The molecule has 4 bridgehead atoms. The summed E-state index contributed by atoms with van der Waals surface area (Å²) in [7, 11) is -3.81. The van der Waals surface area contributed by atoms with Crippen molar-refractivity contribution < 1.29 is 18.0 Å². The highest BCUT2D eigenvalue weighted by Crippen LogP contribution is 2.60. The van der Waals surface area contributed by atoms with Crippen molar-refractivity contribution >= 4 is 50.7 Å². The number of anilines is 1. The molecular formula is C33H43Cl2N3O4S. The highest BCUT2D eigenvalue weighted by Gasteiger charge is 2.51. The lowest BCUT2D eigenvalue weighted by Crippen LogP contribution is -2.52. The Kier molecular flexibility index (Phi) is 9.41. The molecule has 0 aromatic heterocycles. The zero-order valence-corrected chi connectivity index (χ0v) is 27.8. The van der Waals surface area contributed by atoms with Crippen LogP contribution in [0, 0.1) is 17.8 Å². The zero-order valence-electron chi connectivity index (χ0n) is 25.5. The van der Waals surface area contributed by atoms with Crippen LogP contribution in [0.15, 0.2) is 42.5 Å². The van der Waals surface area contributed by atoms with Gasteiger partial charge in [0.05, 0.1) is 22.0 Å². The van der Waals surface area contributed by atoms with Gasteiger partial charge in [-0.25, -0.2) is 8.42 Å². The molecule has 4 saturated carbocycles. The maximum Gasteiger partial charge on any atom is 0.244 e. The van der Waals surface area contributed by atoms with Gasteiger partial charge in [0.1, 0.15) is 12.6 Å². The van der Waals surface area contributed by atoms with E-state index >= 15 is 0 Å². The molecule has 0 unspecified atom stereocenters. The van der Waals surface area contributed by atoms with Crippen molar-refractivity contribution in [2.24, 2.45) is 17.8 Å². The van der Waals surface area contributed by atoms with Crippen molar-refractivity contribution in [1.29, 1.82) is 0 Å². The molecule has 0 heterocycles. The van der Waals surface area contributed by atoms with Crippen molar-refractivity contribution in [3.05, 3.63) is 63.6 Å². The number of hydrogen-bond acceptors (Lipinski definition) is 4. The van der Waals surface area contributed by atoms with Gasteiger partial charge in [-0.3, -0.25) is 13.9 Å². The third-order valence-electron chi connectivity index (χ3n) is 9.99. The van der Waals surface area contributed by atoms with E-state index in [1.165, 1.54) is 49.0 Å². The molecule has 2 aromatic carbocycles. The SMILES string of the molecule is CC[C@@H](C)NC(=O)[C@H](C)N(Cc1ccc(Cl)c(Cl)c1)C(=O)CN(c1ccc(C23CC4CC(CC(C4)C2)C3)cc1)S(C)(=O)=O. The lowest BCUT2D eigenvalue weighted by Gasteiger charge is -2.57. The van der Waals surface area contributed by atoms with E-state index in [0.29, 0.717) is 21.3 Å². The van der Waals surface area contributed by atoms with Crippen LogP contribution in [0.4, 0.5) is 5.69 Å². The van der Waals surface area contributed by atoms with E-state index in [4.69, 9.17) is 23.2 Å². The maximum absolute atomic E-state index is 13.9. The van der Waals surface area contributed by atoms with Gasteiger partial charge >= 0.3 is 0 Å². The van der Waals surface area contributed by atoms with Gasteiger partial charge in [0, 0.05) is 12.6 Å². The van der Waals surface area contributed by atoms with Crippen molar-refractivity contribution in [3.63, 3.8) is 0 Å². The molecule has 0 radical (unpaired) electrons. The minimum Gasteiger partial charge on any atom is -0.352 e. The number of rotatable bonds is 11. The number of nitrogens with one attached hydrogen (secondary N) is 1. The molecule has 0 saturated heterocycles. The first kappa shape index (κ1) is 32.1. The number of halogens is 2. The second-order valence-electron chi connectivity index (χ2n) is 13.3. The van der Waals surface area contributed by atoms with E-state index in [0.717, 1.165) is 34.7 Å². The summed E-state index contributed by atoms with van der Waals surface area (Å²) in [6.45, 7) is 5.14. The lowest BCUT2D eigenvalue weighted by molar-refractivity contribution is -0.139. The average Bonchev–Trinajstić information content (AvgIpc) is 2.94. The summed E-state index contributed by atoms with van der Waals surface area (Å²) < 4.78 is 27.3. The van der Waals surface area contributed by atoms with Crippen LogP contribution in [0.25, 0.3) is 0 Å². The Morgan fingerprint density at radius 3 is 2.05 bits per heavy atom. The first-order valence-electron chi connectivity index (χ1n) is 15.4. The Balaban J connectivity index is 1.39. The maximum atomic E-state index is 13.9. The first-order valence-corrected chi connectivity index (χ1v) is 18.0. The van der Waals surface area contributed by atoms with Gasteiger partial charge in [-0.05, 0) is 117 Å². The molecule has 4 fully saturated rings. The third kappa shape index (κ3) is 7.02. The number of hydrogen-bond donors (Lipinski definition) is 1. The summed E-state index contributed by atoms with van der Waals surface area (Å²) in [6, 6.07) is 11.9. The molecule has 43 heavy (non-hydrogen) atoms. The highest BCUT2D eigenvalue weighted by molar-refractivity contribution is 7.92. The minimum absolute atomic E-state index is 0.0629. The van der Waals surface area contributed by atoms with E-state index in [9.17, 15) is 18.0 Å². The van der Waals surface area contributed by atoms with Crippen LogP contribution in [-0.2, 0) is 31.6 Å². The quantitative estimate of drug-likeness (QED) is 0.299. The van der Waals surface area contributed by atoms with Gasteiger partial charge in [0.25, 0.3) is 0 Å². The van der Waals surface area contributed by atoms with Crippen LogP contribution >= 0.6 is 23.2 Å². The first-order chi connectivity index (χ1) is 20.3. The third-order valence-corrected chi connectivity index (χ3v) is 11.9. The van der Waals surface area contributed by atoms with Gasteiger partial charge in [-0.15, -0.1) is 0 Å². The van der Waals surface area contributed by atoms with Crippen LogP contribution in [0.1, 0.15) is 76.8 Å². The minimum atomic E-state index is -3.81. The van der Waals surface area contributed by atoms with E-state index in [2.05, 4.69) is 17.4 Å². The van der Waals surface area contributed by atoms with E-state index in [-0.39, 0.29) is 23.9 Å². The largest absolute Gasteiger partial charge is 0.352 e. The molecule has 0 aliphatic heterocycles. The fourth-order valence-electron chi connectivity index (χ4n) is 7.94. The van der Waals surface area contributed by atoms with Gasteiger partial charge in [-0.2, -0.15) is 0 Å². The van der Waals surface area contributed by atoms with Crippen molar-refractivity contribution in [2.75, 3.05) is 17.1 Å². The summed E-state index contributed by atoms with van der Waals surface area (Å²) in [5.74, 6) is 1.60. The smallest absolute Gasteiger partial charge is 0.244 e. The summed E-state index contributed by atoms with van der Waals surface area (Å²) in [5, 5.41) is 3.65. The molecule has 2 aromatic rings. The molecule has 1 N–H and O–H groups in total. The van der Waals surface area contributed by atoms with Crippen LogP contribution in [-0.4, -0.2) is 50.0 Å². The number of sulfonamides is 1. The van der Waals surface area contributed by atoms with Crippen LogP contribution in [0.2, 0.25) is 10.0 Å². The molecule has 10 heteroatoms. The topological polar surface area (TPSA) is 86.8 Å². The second-order valence-corrected chi connectivity index (χ2v) is 16.0. The normalized spacial score (nSPS) is 25.7. The molecule has 4 aliphatic carbocycles. The Morgan fingerprint density at radius 2 is 1.53 bits per heavy atom. The van der Waals surface area contributed by atoms with Crippen molar-refractivity contribution in [1.82, 2.24) is 10.2 Å². The standard InChI is InChI=1S/C33H43Cl2N3O4S/c1-5-21(2)36-32(40)22(3)37(19-23-6-11-29(34)30(35)15-23)31(39)20-38(43(4,41)42)28-9-7-27(8-10-28)33-16-24-12-25(17-33)14-26(13-24)18-33/h6-11,15,21-22,24-26H,5,12-14,16-20H2,1-4H3,(H,36,40)/t21-,22+,24?,25?,26?,33?/m1/s1. The monoisotopic (exact) mass is 647 g/mol. The van der Waals surface area contributed by atoms with Gasteiger partial charge in [-0.1, -0.05) is 48.3 Å². The van der Waals surface area contributed by atoms with Gasteiger partial charge in [0.15, 0.2) is 0 Å². The summed E-state index contributed by atoms with van der Waals surface area (Å²) in [4.78, 5) is 28.4. The zero-order chi connectivity index (χ0) is 31.1. The Labute approximate surface area is 266 Å². The number of carbonyl (C=O) groups excluding carboxylic acids is 2. The average molecular weight is 649 g/mol. The summed E-state index contributed by atoms with van der Waals surface area (Å²) in [5.41, 5.74) is 2.59. The molecular weight excluding hydrogens is 605 g/mol. The Morgan fingerprint density at radius 1 is 0.953 bits per heavy atom. The molecule has 234 valence electrons. The van der Waals surface area contributed by atoms with Gasteiger partial charge in [0.2, 0.25) is 21.8 Å². The van der Waals surface area contributed by atoms with E-state index < -0.39 is 28.5 Å². The van der Waals surface area contributed by atoms with E-state index in [1.54, 1.807) is 25.1 Å².